The Hall–Kier alpha value is -1.66. The molecule has 0 saturated carbocycles. The Labute approximate surface area is 136 Å². The standard InChI is InChI=1S/C17H25FN4O/c1-2-20-7-9-21(10-8-20)16-4-3-13(11-15(16)18)17(23)22-6-5-14(19)12-22/h3-4,11,14H,2,5-10,12,19H2,1H3. The molecular formula is C17H25FN4O. The Balaban J connectivity index is 1.70. The van der Waals surface area contributed by atoms with Crippen molar-refractivity contribution in [3.05, 3.63) is 29.6 Å². The first-order valence-corrected chi connectivity index (χ1v) is 8.40. The number of amides is 1. The van der Waals surface area contributed by atoms with Crippen LogP contribution in [0, 0.1) is 5.82 Å². The number of nitrogens with two attached hydrogens (primary N) is 1. The van der Waals surface area contributed by atoms with Gasteiger partial charge in [0.25, 0.3) is 5.91 Å². The lowest BCUT2D eigenvalue weighted by Crippen LogP contribution is -2.46. The molecule has 1 aromatic carbocycles. The zero-order valence-corrected chi connectivity index (χ0v) is 13.7. The molecule has 1 amide bonds. The van der Waals surface area contributed by atoms with Crippen molar-refractivity contribution < 1.29 is 9.18 Å². The maximum Gasteiger partial charge on any atom is 0.254 e. The number of piperazine rings is 1. The number of nitrogens with zero attached hydrogens (tertiary/aromatic N) is 3. The van der Waals surface area contributed by atoms with Gasteiger partial charge in [-0.15, -0.1) is 0 Å². The second-order valence-electron chi connectivity index (χ2n) is 6.39. The predicted octanol–water partition coefficient (Wildman–Crippen LogP) is 1.14. The van der Waals surface area contributed by atoms with E-state index >= 15 is 0 Å². The third-order valence-electron chi connectivity index (χ3n) is 4.87. The Bertz CT molecular complexity index is 572. The van der Waals surface area contributed by atoms with Crippen LogP contribution in [0.25, 0.3) is 0 Å². The van der Waals surface area contributed by atoms with E-state index in [0.29, 0.717) is 24.3 Å². The molecule has 2 N–H and O–H groups in total. The third kappa shape index (κ3) is 3.48. The summed E-state index contributed by atoms with van der Waals surface area (Å²) >= 11 is 0. The van der Waals surface area contributed by atoms with Crippen molar-refractivity contribution in [1.82, 2.24) is 9.80 Å². The van der Waals surface area contributed by atoms with Crippen LogP contribution in [0.3, 0.4) is 0 Å². The minimum Gasteiger partial charge on any atom is -0.367 e. The highest BCUT2D eigenvalue weighted by Crippen LogP contribution is 2.23. The monoisotopic (exact) mass is 320 g/mol. The van der Waals surface area contributed by atoms with Gasteiger partial charge in [0.2, 0.25) is 0 Å². The fourth-order valence-electron chi connectivity index (χ4n) is 3.36. The molecule has 5 nitrogen and oxygen atoms in total. The molecular weight excluding hydrogens is 295 g/mol. The van der Waals surface area contributed by atoms with E-state index < -0.39 is 0 Å². The number of hydrogen-bond donors (Lipinski definition) is 1. The first-order valence-electron chi connectivity index (χ1n) is 8.40. The topological polar surface area (TPSA) is 52.8 Å². The van der Waals surface area contributed by atoms with E-state index in [1.54, 1.807) is 17.0 Å². The summed E-state index contributed by atoms with van der Waals surface area (Å²) in [6.07, 6.45) is 0.814. The van der Waals surface area contributed by atoms with E-state index in [4.69, 9.17) is 5.73 Å². The van der Waals surface area contributed by atoms with E-state index in [1.807, 2.05) is 0 Å². The number of likely N-dealkylation sites (tertiary alicyclic amines) is 1. The second kappa shape index (κ2) is 6.84. The largest absolute Gasteiger partial charge is 0.367 e. The molecule has 2 heterocycles. The van der Waals surface area contributed by atoms with E-state index in [2.05, 4.69) is 16.7 Å². The van der Waals surface area contributed by atoms with Crippen LogP contribution < -0.4 is 10.6 Å². The SMILES string of the molecule is CCN1CCN(c2ccc(C(=O)N3CCC(N)C3)cc2F)CC1. The summed E-state index contributed by atoms with van der Waals surface area (Å²) in [5, 5.41) is 0. The van der Waals surface area contributed by atoms with Crippen molar-refractivity contribution in [3.8, 4) is 0 Å². The quantitative estimate of drug-likeness (QED) is 0.907. The fourth-order valence-corrected chi connectivity index (χ4v) is 3.36. The smallest absolute Gasteiger partial charge is 0.254 e. The summed E-state index contributed by atoms with van der Waals surface area (Å²) in [6, 6.07) is 4.88. The zero-order chi connectivity index (χ0) is 16.4. The predicted molar refractivity (Wildman–Crippen MR) is 89.2 cm³/mol. The first kappa shape index (κ1) is 16.2. The van der Waals surface area contributed by atoms with Crippen molar-refractivity contribution in [3.63, 3.8) is 0 Å². The molecule has 23 heavy (non-hydrogen) atoms. The fraction of sp³-hybridized carbons (Fsp3) is 0.588. The summed E-state index contributed by atoms with van der Waals surface area (Å²) < 4.78 is 14.5. The van der Waals surface area contributed by atoms with Gasteiger partial charge in [-0.3, -0.25) is 4.79 Å². The minimum atomic E-state index is -0.315. The van der Waals surface area contributed by atoms with Crippen LogP contribution in [0.15, 0.2) is 18.2 Å². The van der Waals surface area contributed by atoms with Gasteiger partial charge in [-0.05, 0) is 31.2 Å². The van der Waals surface area contributed by atoms with Gasteiger partial charge >= 0.3 is 0 Å². The zero-order valence-electron chi connectivity index (χ0n) is 13.7. The highest BCUT2D eigenvalue weighted by Gasteiger charge is 2.26. The van der Waals surface area contributed by atoms with Crippen LogP contribution in [-0.2, 0) is 0 Å². The molecule has 2 aliphatic heterocycles. The lowest BCUT2D eigenvalue weighted by atomic mass is 10.1. The molecule has 3 rings (SSSR count). The summed E-state index contributed by atoms with van der Waals surface area (Å²) in [4.78, 5) is 18.5. The average Bonchev–Trinajstić information content (AvgIpc) is 3.00. The number of benzene rings is 1. The van der Waals surface area contributed by atoms with Gasteiger partial charge in [-0.25, -0.2) is 4.39 Å². The van der Waals surface area contributed by atoms with Crippen molar-refractivity contribution in [1.29, 1.82) is 0 Å². The lowest BCUT2D eigenvalue weighted by Gasteiger charge is -2.35. The maximum atomic E-state index is 14.5. The Morgan fingerprint density at radius 2 is 2.00 bits per heavy atom. The van der Waals surface area contributed by atoms with Crippen molar-refractivity contribution in [2.45, 2.75) is 19.4 Å². The molecule has 2 saturated heterocycles. The van der Waals surface area contributed by atoms with E-state index in [1.165, 1.54) is 6.07 Å². The number of anilines is 1. The normalized spacial score (nSPS) is 22.7. The van der Waals surface area contributed by atoms with Crippen LogP contribution in [0.4, 0.5) is 10.1 Å². The molecule has 0 aliphatic carbocycles. The molecule has 2 fully saturated rings. The van der Waals surface area contributed by atoms with Gasteiger partial charge in [-0.2, -0.15) is 0 Å². The number of carbonyl (C=O) groups is 1. The van der Waals surface area contributed by atoms with Crippen LogP contribution >= 0.6 is 0 Å². The highest BCUT2D eigenvalue weighted by molar-refractivity contribution is 5.94. The van der Waals surface area contributed by atoms with Gasteiger partial charge in [0.1, 0.15) is 5.82 Å². The number of likely N-dealkylation sites (N-methyl/N-ethyl adjacent to an activating group) is 1. The molecule has 1 atom stereocenters. The van der Waals surface area contributed by atoms with Crippen molar-refractivity contribution >= 4 is 11.6 Å². The van der Waals surface area contributed by atoms with E-state index in [0.717, 1.165) is 39.1 Å². The van der Waals surface area contributed by atoms with Gasteiger partial charge in [0.15, 0.2) is 0 Å². The minimum absolute atomic E-state index is 0.0398. The summed E-state index contributed by atoms with van der Waals surface area (Å²) in [7, 11) is 0. The number of carbonyl (C=O) groups excluding carboxylic acids is 1. The summed E-state index contributed by atoms with van der Waals surface area (Å²) in [6.45, 7) is 7.91. The second-order valence-corrected chi connectivity index (χ2v) is 6.39. The summed E-state index contributed by atoms with van der Waals surface area (Å²) in [5.74, 6) is -0.441. The van der Waals surface area contributed by atoms with Crippen LogP contribution in [0.2, 0.25) is 0 Å². The van der Waals surface area contributed by atoms with Crippen LogP contribution in [-0.4, -0.2) is 67.6 Å². The number of hydrogen-bond acceptors (Lipinski definition) is 4. The number of halogens is 1. The molecule has 1 unspecified atom stereocenters. The molecule has 0 bridgehead atoms. The van der Waals surface area contributed by atoms with E-state index in [-0.39, 0.29) is 17.8 Å². The molecule has 1 aromatic rings. The molecule has 0 radical (unpaired) electrons. The Morgan fingerprint density at radius 3 is 2.57 bits per heavy atom. The summed E-state index contributed by atoms with van der Waals surface area (Å²) in [5.41, 5.74) is 6.84. The highest BCUT2D eigenvalue weighted by atomic mass is 19.1. The van der Waals surface area contributed by atoms with E-state index in [9.17, 15) is 9.18 Å². The molecule has 126 valence electrons. The van der Waals surface area contributed by atoms with Crippen LogP contribution in [0.1, 0.15) is 23.7 Å². The van der Waals surface area contributed by atoms with Crippen LogP contribution in [0.5, 0.6) is 0 Å². The van der Waals surface area contributed by atoms with Crippen molar-refractivity contribution in [2.24, 2.45) is 5.73 Å². The average molecular weight is 320 g/mol. The third-order valence-corrected chi connectivity index (χ3v) is 4.87. The van der Waals surface area contributed by atoms with Gasteiger partial charge in [0.05, 0.1) is 5.69 Å². The van der Waals surface area contributed by atoms with Gasteiger partial charge in [-0.1, -0.05) is 6.92 Å². The molecule has 6 heteroatoms. The van der Waals surface area contributed by atoms with Gasteiger partial charge in [0, 0.05) is 50.9 Å². The van der Waals surface area contributed by atoms with Crippen molar-refractivity contribution in [2.75, 3.05) is 50.7 Å². The maximum absolute atomic E-state index is 14.5. The molecule has 0 aromatic heterocycles. The first-order chi connectivity index (χ1) is 11.1. The lowest BCUT2D eigenvalue weighted by molar-refractivity contribution is 0.0790. The number of rotatable bonds is 3. The van der Waals surface area contributed by atoms with Gasteiger partial charge < -0.3 is 20.4 Å². The molecule has 2 aliphatic rings. The Morgan fingerprint density at radius 1 is 1.26 bits per heavy atom. The molecule has 0 spiro atoms. The Kier molecular flexibility index (Phi) is 4.82.